The summed E-state index contributed by atoms with van der Waals surface area (Å²) >= 11 is 0. The Labute approximate surface area is 178 Å². The lowest BCUT2D eigenvalue weighted by Crippen LogP contribution is -2.51. The van der Waals surface area contributed by atoms with Crippen LogP contribution < -0.4 is 9.80 Å². The molecule has 0 spiro atoms. The molecule has 2 heterocycles. The predicted octanol–water partition coefficient (Wildman–Crippen LogP) is 3.22. The molecule has 0 N–H and O–H groups in total. The lowest BCUT2D eigenvalue weighted by molar-refractivity contribution is -0.117. The Bertz CT molecular complexity index is 921. The van der Waals surface area contributed by atoms with Crippen molar-refractivity contribution < 1.29 is 14.3 Å². The van der Waals surface area contributed by atoms with E-state index in [4.69, 9.17) is 4.74 Å². The van der Waals surface area contributed by atoms with Crippen molar-refractivity contribution in [3.63, 3.8) is 0 Å². The molecule has 1 aromatic heterocycles. The molecular formula is C22H31N5O3. The molecule has 3 rings (SSSR count). The fourth-order valence-corrected chi connectivity index (χ4v) is 3.66. The van der Waals surface area contributed by atoms with Crippen LogP contribution in [0.3, 0.4) is 0 Å². The Balaban J connectivity index is 1.98. The van der Waals surface area contributed by atoms with Crippen molar-refractivity contribution in [1.82, 2.24) is 14.7 Å². The van der Waals surface area contributed by atoms with Crippen LogP contribution in [-0.2, 0) is 16.1 Å². The molecule has 0 bridgehead atoms. The van der Waals surface area contributed by atoms with E-state index in [1.54, 1.807) is 16.7 Å². The van der Waals surface area contributed by atoms with Gasteiger partial charge in [0.25, 0.3) is 0 Å². The Morgan fingerprint density at radius 2 is 1.97 bits per heavy atom. The van der Waals surface area contributed by atoms with Crippen LogP contribution in [0.4, 0.5) is 16.2 Å². The summed E-state index contributed by atoms with van der Waals surface area (Å²) in [5.74, 6) is -0.0510. The van der Waals surface area contributed by atoms with Crippen molar-refractivity contribution in [2.24, 2.45) is 0 Å². The highest BCUT2D eigenvalue weighted by atomic mass is 16.6. The standard InChI is InChI=1S/C22H31N5O3/c1-15(2)30-22(29)26-13-16(3)27(17(4)28)20-8-7-18(11-21(20)26)19-12-23-25(14-19)10-9-24(5)6/h7-8,11-12,14-16H,9-10,13H2,1-6H3/t16-/m0/s1. The molecule has 1 atom stereocenters. The number of hydrogen-bond donors (Lipinski definition) is 0. The number of rotatable bonds is 5. The number of ether oxygens (including phenoxy) is 1. The quantitative estimate of drug-likeness (QED) is 0.753. The molecule has 0 saturated carbocycles. The second kappa shape index (κ2) is 8.87. The summed E-state index contributed by atoms with van der Waals surface area (Å²) in [6.07, 6.45) is 3.19. The van der Waals surface area contributed by atoms with Crippen molar-refractivity contribution in [3.8, 4) is 11.1 Å². The van der Waals surface area contributed by atoms with Crippen LogP contribution in [0, 0.1) is 0 Å². The number of carbonyl (C=O) groups excluding carboxylic acids is 2. The van der Waals surface area contributed by atoms with Crippen molar-refractivity contribution in [2.45, 2.75) is 46.4 Å². The van der Waals surface area contributed by atoms with Crippen LogP contribution in [0.25, 0.3) is 11.1 Å². The van der Waals surface area contributed by atoms with Gasteiger partial charge in [-0.1, -0.05) is 6.07 Å². The smallest absolute Gasteiger partial charge is 0.414 e. The van der Waals surface area contributed by atoms with E-state index in [0.717, 1.165) is 24.2 Å². The normalized spacial score (nSPS) is 16.2. The average molecular weight is 414 g/mol. The van der Waals surface area contributed by atoms with E-state index in [2.05, 4.69) is 10.00 Å². The van der Waals surface area contributed by atoms with Gasteiger partial charge in [0, 0.05) is 31.8 Å². The molecule has 0 fully saturated rings. The lowest BCUT2D eigenvalue weighted by atomic mass is 10.0. The Kier molecular flexibility index (Phi) is 6.45. The maximum absolute atomic E-state index is 12.8. The van der Waals surface area contributed by atoms with Crippen LogP contribution in [-0.4, -0.2) is 66.0 Å². The minimum absolute atomic E-state index is 0.0510. The minimum atomic E-state index is -0.403. The second-order valence-electron chi connectivity index (χ2n) is 8.28. The largest absolute Gasteiger partial charge is 0.446 e. The highest BCUT2D eigenvalue weighted by Crippen LogP contribution is 2.39. The molecule has 2 amide bonds. The van der Waals surface area contributed by atoms with Crippen molar-refractivity contribution in [1.29, 1.82) is 0 Å². The van der Waals surface area contributed by atoms with Gasteiger partial charge < -0.3 is 14.5 Å². The third-order valence-corrected chi connectivity index (χ3v) is 5.05. The summed E-state index contributed by atoms with van der Waals surface area (Å²) < 4.78 is 7.36. The zero-order valence-electron chi connectivity index (χ0n) is 18.6. The van der Waals surface area contributed by atoms with Gasteiger partial charge in [-0.3, -0.25) is 14.4 Å². The number of carbonyl (C=O) groups is 2. The Hall–Kier alpha value is -2.87. The second-order valence-corrected chi connectivity index (χ2v) is 8.28. The van der Waals surface area contributed by atoms with Crippen LogP contribution >= 0.6 is 0 Å². The topological polar surface area (TPSA) is 70.9 Å². The summed E-state index contributed by atoms with van der Waals surface area (Å²) in [5, 5.41) is 4.45. The lowest BCUT2D eigenvalue weighted by Gasteiger charge is -2.40. The molecule has 2 aromatic rings. The number of amides is 2. The molecule has 0 saturated heterocycles. The van der Waals surface area contributed by atoms with Gasteiger partial charge in [-0.15, -0.1) is 0 Å². The molecular weight excluding hydrogens is 382 g/mol. The average Bonchev–Trinajstić information content (AvgIpc) is 3.13. The Morgan fingerprint density at radius 3 is 2.60 bits per heavy atom. The highest BCUT2D eigenvalue weighted by molar-refractivity contribution is 6.03. The third-order valence-electron chi connectivity index (χ3n) is 5.05. The number of anilines is 2. The van der Waals surface area contributed by atoms with Crippen LogP contribution in [0.1, 0.15) is 27.7 Å². The molecule has 1 aliphatic heterocycles. The zero-order chi connectivity index (χ0) is 22.0. The van der Waals surface area contributed by atoms with Gasteiger partial charge in [0.1, 0.15) is 0 Å². The van der Waals surface area contributed by atoms with Gasteiger partial charge in [-0.25, -0.2) is 4.79 Å². The highest BCUT2D eigenvalue weighted by Gasteiger charge is 2.34. The monoisotopic (exact) mass is 413 g/mol. The number of nitrogens with zero attached hydrogens (tertiary/aromatic N) is 5. The van der Waals surface area contributed by atoms with E-state index in [-0.39, 0.29) is 18.1 Å². The van der Waals surface area contributed by atoms with Crippen LogP contribution in [0.2, 0.25) is 0 Å². The van der Waals surface area contributed by atoms with E-state index in [0.29, 0.717) is 17.9 Å². The molecule has 8 nitrogen and oxygen atoms in total. The first-order valence-corrected chi connectivity index (χ1v) is 10.3. The maximum Gasteiger partial charge on any atom is 0.414 e. The first kappa shape index (κ1) is 21.8. The third kappa shape index (κ3) is 4.64. The minimum Gasteiger partial charge on any atom is -0.446 e. The summed E-state index contributed by atoms with van der Waals surface area (Å²) in [6.45, 7) is 9.20. The van der Waals surface area contributed by atoms with Gasteiger partial charge in [-0.05, 0) is 52.6 Å². The number of aromatic nitrogens is 2. The summed E-state index contributed by atoms with van der Waals surface area (Å²) in [4.78, 5) is 30.5. The van der Waals surface area contributed by atoms with Gasteiger partial charge in [0.15, 0.2) is 0 Å². The molecule has 1 aromatic carbocycles. The summed E-state index contributed by atoms with van der Waals surface area (Å²) in [7, 11) is 4.06. The molecule has 0 radical (unpaired) electrons. The molecule has 162 valence electrons. The number of hydrogen-bond acceptors (Lipinski definition) is 5. The van der Waals surface area contributed by atoms with Crippen LogP contribution in [0.5, 0.6) is 0 Å². The number of likely N-dealkylation sites (N-methyl/N-ethyl adjacent to an activating group) is 1. The molecule has 0 unspecified atom stereocenters. The maximum atomic E-state index is 12.8. The number of fused-ring (bicyclic) bond motifs is 1. The molecule has 0 aliphatic carbocycles. The van der Waals surface area contributed by atoms with Gasteiger partial charge >= 0.3 is 6.09 Å². The molecule has 1 aliphatic rings. The van der Waals surface area contributed by atoms with Crippen molar-refractivity contribution >= 4 is 23.4 Å². The number of benzene rings is 1. The van der Waals surface area contributed by atoms with Gasteiger partial charge in [0.05, 0.1) is 36.3 Å². The van der Waals surface area contributed by atoms with Gasteiger partial charge in [-0.2, -0.15) is 5.10 Å². The fourth-order valence-electron chi connectivity index (χ4n) is 3.66. The molecule has 8 heteroatoms. The predicted molar refractivity (Wildman–Crippen MR) is 118 cm³/mol. The SMILES string of the molecule is CC(=O)N1c2ccc(-c3cnn(CCN(C)C)c3)cc2N(C(=O)OC(C)C)C[C@@H]1C. The van der Waals surface area contributed by atoms with E-state index < -0.39 is 6.09 Å². The van der Waals surface area contributed by atoms with Crippen molar-refractivity contribution in [3.05, 3.63) is 30.6 Å². The Morgan fingerprint density at radius 1 is 1.23 bits per heavy atom. The first-order chi connectivity index (χ1) is 14.2. The molecule has 30 heavy (non-hydrogen) atoms. The zero-order valence-corrected chi connectivity index (χ0v) is 18.6. The fraction of sp³-hybridized carbons (Fsp3) is 0.500. The summed E-state index contributed by atoms with van der Waals surface area (Å²) in [6, 6.07) is 5.65. The van der Waals surface area contributed by atoms with E-state index in [1.807, 2.05) is 70.1 Å². The van der Waals surface area contributed by atoms with E-state index >= 15 is 0 Å². The van der Waals surface area contributed by atoms with Crippen molar-refractivity contribution in [2.75, 3.05) is 37.0 Å². The van der Waals surface area contributed by atoms with E-state index in [1.165, 1.54) is 0 Å². The first-order valence-electron chi connectivity index (χ1n) is 10.3. The van der Waals surface area contributed by atoms with E-state index in [9.17, 15) is 9.59 Å². The summed E-state index contributed by atoms with van der Waals surface area (Å²) in [5.41, 5.74) is 3.28. The van der Waals surface area contributed by atoms with Crippen LogP contribution in [0.15, 0.2) is 30.6 Å². The van der Waals surface area contributed by atoms with Gasteiger partial charge in [0.2, 0.25) is 5.91 Å².